The first-order chi connectivity index (χ1) is 7.65. The summed E-state index contributed by atoms with van der Waals surface area (Å²) in [5.74, 6) is 0.195. The fourth-order valence-electron chi connectivity index (χ4n) is 1.63. The van der Waals surface area contributed by atoms with E-state index in [1.54, 1.807) is 0 Å². The summed E-state index contributed by atoms with van der Waals surface area (Å²) in [5.41, 5.74) is 1.08. The van der Waals surface area contributed by atoms with Crippen LogP contribution in [0.15, 0.2) is 30.3 Å². The first kappa shape index (κ1) is 13.2. The van der Waals surface area contributed by atoms with Gasteiger partial charge in [0.05, 0.1) is 6.42 Å². The largest absolute Gasteiger partial charge is 0.339 e. The Morgan fingerprint density at radius 1 is 1.31 bits per heavy atom. The number of alkyl halides is 1. The Bertz CT molecular complexity index is 324. The normalized spacial score (nSPS) is 10.5. The molecule has 0 saturated heterocycles. The molecule has 2 nitrogen and oxygen atoms in total. The number of halogens is 1. The Morgan fingerprint density at radius 3 is 2.44 bits per heavy atom. The minimum absolute atomic E-state index is 0.195. The molecule has 1 rings (SSSR count). The van der Waals surface area contributed by atoms with E-state index in [1.807, 2.05) is 49.1 Å². The van der Waals surface area contributed by atoms with Gasteiger partial charge >= 0.3 is 0 Å². The summed E-state index contributed by atoms with van der Waals surface area (Å²) in [6, 6.07) is 10.1. The third-order valence-corrected chi connectivity index (χ3v) is 2.82. The van der Waals surface area contributed by atoms with Crippen LogP contribution < -0.4 is 0 Å². The zero-order chi connectivity index (χ0) is 12.0. The van der Waals surface area contributed by atoms with Crippen molar-refractivity contribution in [3.63, 3.8) is 0 Å². The lowest BCUT2D eigenvalue weighted by molar-refractivity contribution is -0.131. The quantitative estimate of drug-likeness (QED) is 0.761. The van der Waals surface area contributed by atoms with E-state index >= 15 is 0 Å². The molecule has 1 amide bonds. The third kappa shape index (κ3) is 3.97. The second-order valence-electron chi connectivity index (χ2n) is 4.03. The van der Waals surface area contributed by atoms with Gasteiger partial charge in [-0.2, -0.15) is 0 Å². The van der Waals surface area contributed by atoms with Crippen LogP contribution in [0.1, 0.15) is 19.4 Å². The van der Waals surface area contributed by atoms with Gasteiger partial charge in [-0.25, -0.2) is 0 Å². The van der Waals surface area contributed by atoms with E-state index in [1.165, 1.54) is 0 Å². The number of nitrogens with zero attached hydrogens (tertiary/aromatic N) is 1. The van der Waals surface area contributed by atoms with E-state index in [4.69, 9.17) is 0 Å². The van der Waals surface area contributed by atoms with Crippen LogP contribution in [0, 0.1) is 0 Å². The number of hydrogen-bond donors (Lipinski definition) is 0. The van der Waals surface area contributed by atoms with Gasteiger partial charge in [-0.05, 0) is 19.4 Å². The monoisotopic (exact) mass is 283 g/mol. The molecule has 0 saturated carbocycles. The van der Waals surface area contributed by atoms with E-state index in [9.17, 15) is 4.79 Å². The van der Waals surface area contributed by atoms with Crippen molar-refractivity contribution in [2.45, 2.75) is 26.3 Å². The van der Waals surface area contributed by atoms with Gasteiger partial charge in [-0.3, -0.25) is 4.79 Å². The highest BCUT2D eigenvalue weighted by atomic mass is 79.9. The van der Waals surface area contributed by atoms with E-state index < -0.39 is 0 Å². The first-order valence-electron chi connectivity index (χ1n) is 5.54. The van der Waals surface area contributed by atoms with Crippen LogP contribution in [0.4, 0.5) is 0 Å². The lowest BCUT2D eigenvalue weighted by Gasteiger charge is -2.26. The highest BCUT2D eigenvalue weighted by Gasteiger charge is 2.15. The molecule has 0 N–H and O–H groups in total. The molecule has 0 unspecified atom stereocenters. The summed E-state index contributed by atoms with van der Waals surface area (Å²) >= 11 is 3.38. The minimum atomic E-state index is 0.195. The number of carbonyl (C=O) groups excluding carboxylic acids is 1. The predicted molar refractivity (Wildman–Crippen MR) is 70.8 cm³/mol. The van der Waals surface area contributed by atoms with Gasteiger partial charge in [0.2, 0.25) is 5.91 Å². The molecule has 1 aromatic carbocycles. The van der Waals surface area contributed by atoms with Crippen LogP contribution in [0.3, 0.4) is 0 Å². The Kier molecular flexibility index (Phi) is 5.53. The number of hydrogen-bond acceptors (Lipinski definition) is 1. The Labute approximate surface area is 106 Å². The fraction of sp³-hybridized carbons (Fsp3) is 0.462. The lowest BCUT2D eigenvalue weighted by Crippen LogP contribution is -2.39. The van der Waals surface area contributed by atoms with Gasteiger partial charge in [0.15, 0.2) is 0 Å². The molecule has 0 aliphatic carbocycles. The van der Waals surface area contributed by atoms with Crippen molar-refractivity contribution in [1.29, 1.82) is 0 Å². The molecule has 0 aromatic heterocycles. The smallest absolute Gasteiger partial charge is 0.227 e. The standard InChI is InChI=1S/C13H18BrNO/c1-11(2)15(9-8-14)13(16)10-12-6-4-3-5-7-12/h3-7,11H,8-10H2,1-2H3. The van der Waals surface area contributed by atoms with Crippen molar-refractivity contribution in [3.05, 3.63) is 35.9 Å². The maximum Gasteiger partial charge on any atom is 0.227 e. The topological polar surface area (TPSA) is 20.3 Å². The lowest BCUT2D eigenvalue weighted by atomic mass is 10.1. The molecule has 3 heteroatoms. The molecule has 0 aliphatic rings. The van der Waals surface area contributed by atoms with E-state index in [0.717, 1.165) is 17.4 Å². The van der Waals surface area contributed by atoms with Crippen molar-refractivity contribution >= 4 is 21.8 Å². The summed E-state index contributed by atoms with van der Waals surface area (Å²) in [6.45, 7) is 4.86. The molecule has 0 atom stereocenters. The van der Waals surface area contributed by atoms with Gasteiger partial charge in [0.25, 0.3) is 0 Å². The number of carbonyl (C=O) groups is 1. The van der Waals surface area contributed by atoms with Gasteiger partial charge in [-0.1, -0.05) is 46.3 Å². The molecule has 0 aliphatic heterocycles. The maximum absolute atomic E-state index is 12.0. The van der Waals surface area contributed by atoms with Crippen LogP contribution in [0.25, 0.3) is 0 Å². The van der Waals surface area contributed by atoms with Crippen LogP contribution in [0.2, 0.25) is 0 Å². The zero-order valence-corrected chi connectivity index (χ0v) is 11.4. The highest BCUT2D eigenvalue weighted by Crippen LogP contribution is 2.06. The average Bonchev–Trinajstić information content (AvgIpc) is 2.26. The van der Waals surface area contributed by atoms with Gasteiger partial charge in [-0.15, -0.1) is 0 Å². The fourth-order valence-corrected chi connectivity index (χ4v) is 2.02. The molecule has 0 fully saturated rings. The molecule has 1 aromatic rings. The van der Waals surface area contributed by atoms with Crippen molar-refractivity contribution in [3.8, 4) is 0 Å². The van der Waals surface area contributed by atoms with E-state index in [2.05, 4.69) is 15.9 Å². The average molecular weight is 284 g/mol. The summed E-state index contributed by atoms with van der Waals surface area (Å²) in [7, 11) is 0. The highest BCUT2D eigenvalue weighted by molar-refractivity contribution is 9.09. The minimum Gasteiger partial charge on any atom is -0.339 e. The number of amides is 1. The van der Waals surface area contributed by atoms with Gasteiger partial charge < -0.3 is 4.90 Å². The van der Waals surface area contributed by atoms with Crippen LogP contribution >= 0.6 is 15.9 Å². The van der Waals surface area contributed by atoms with Crippen molar-refractivity contribution < 1.29 is 4.79 Å². The molecule has 0 spiro atoms. The molecule has 88 valence electrons. The van der Waals surface area contributed by atoms with Crippen LogP contribution in [-0.2, 0) is 11.2 Å². The summed E-state index contributed by atoms with van der Waals surface area (Å²) in [6.07, 6.45) is 0.492. The zero-order valence-electron chi connectivity index (χ0n) is 9.82. The number of benzene rings is 1. The van der Waals surface area contributed by atoms with E-state index in [0.29, 0.717) is 6.42 Å². The Balaban J connectivity index is 2.62. The molecule has 0 radical (unpaired) electrons. The first-order valence-corrected chi connectivity index (χ1v) is 6.66. The van der Waals surface area contributed by atoms with Crippen LogP contribution in [-0.4, -0.2) is 28.7 Å². The van der Waals surface area contributed by atoms with Crippen LogP contribution in [0.5, 0.6) is 0 Å². The van der Waals surface area contributed by atoms with Crippen molar-refractivity contribution in [2.24, 2.45) is 0 Å². The Morgan fingerprint density at radius 2 is 1.94 bits per heavy atom. The second kappa shape index (κ2) is 6.69. The molecular weight excluding hydrogens is 266 g/mol. The SMILES string of the molecule is CC(C)N(CCBr)C(=O)Cc1ccccc1. The molecule has 0 bridgehead atoms. The van der Waals surface area contributed by atoms with Crippen molar-refractivity contribution in [1.82, 2.24) is 4.90 Å². The van der Waals surface area contributed by atoms with E-state index in [-0.39, 0.29) is 11.9 Å². The summed E-state index contributed by atoms with van der Waals surface area (Å²) in [5, 5.41) is 0.825. The van der Waals surface area contributed by atoms with Crippen molar-refractivity contribution in [2.75, 3.05) is 11.9 Å². The predicted octanol–water partition coefficient (Wildman–Crippen LogP) is 2.86. The number of rotatable bonds is 5. The molecular formula is C13H18BrNO. The summed E-state index contributed by atoms with van der Waals surface area (Å²) < 4.78 is 0. The summed E-state index contributed by atoms with van der Waals surface area (Å²) in [4.78, 5) is 14.0. The molecule has 0 heterocycles. The Hall–Kier alpha value is -0.830. The molecule has 16 heavy (non-hydrogen) atoms. The maximum atomic E-state index is 12.0. The van der Waals surface area contributed by atoms with Gasteiger partial charge in [0.1, 0.15) is 0 Å². The second-order valence-corrected chi connectivity index (χ2v) is 4.83. The third-order valence-electron chi connectivity index (χ3n) is 2.47. The van der Waals surface area contributed by atoms with Gasteiger partial charge in [0, 0.05) is 17.9 Å².